The summed E-state index contributed by atoms with van der Waals surface area (Å²) in [7, 11) is 0. The number of hydrogen-bond acceptors (Lipinski definition) is 2. The Balaban J connectivity index is 2.36. The van der Waals surface area contributed by atoms with Crippen LogP contribution in [0.25, 0.3) is 16.7 Å². The lowest BCUT2D eigenvalue weighted by atomic mass is 10.2. The van der Waals surface area contributed by atoms with E-state index in [2.05, 4.69) is 32.4 Å². The van der Waals surface area contributed by atoms with Gasteiger partial charge in [-0.3, -0.25) is 4.57 Å². The van der Waals surface area contributed by atoms with Crippen LogP contribution in [0.15, 0.2) is 34.8 Å². The van der Waals surface area contributed by atoms with Crippen LogP contribution in [0.3, 0.4) is 0 Å². The average Bonchev–Trinajstić information content (AvgIpc) is 2.80. The Bertz CT molecular complexity index is 839. The van der Waals surface area contributed by atoms with Crippen molar-refractivity contribution in [1.29, 1.82) is 0 Å². The Morgan fingerprint density at radius 3 is 2.76 bits per heavy atom. The summed E-state index contributed by atoms with van der Waals surface area (Å²) in [5.74, 6) is 0.667. The molecule has 0 fully saturated rings. The number of aromatic nitrogens is 2. The highest BCUT2D eigenvalue weighted by atomic mass is 79.9. The van der Waals surface area contributed by atoms with Gasteiger partial charge >= 0.3 is 0 Å². The summed E-state index contributed by atoms with van der Waals surface area (Å²) in [6.45, 7) is 3.95. The Kier molecular flexibility index (Phi) is 3.45. The summed E-state index contributed by atoms with van der Waals surface area (Å²) < 4.78 is 16.2. The highest BCUT2D eigenvalue weighted by Gasteiger charge is 2.15. The SMILES string of the molecule is CCc1nc2cc(N)ccc2n1-c1cc(Br)c(F)cc1C. The molecule has 0 radical (unpaired) electrons. The van der Waals surface area contributed by atoms with Crippen molar-refractivity contribution in [3.63, 3.8) is 0 Å². The van der Waals surface area contributed by atoms with E-state index in [1.54, 1.807) is 6.07 Å². The maximum absolute atomic E-state index is 13.7. The predicted molar refractivity (Wildman–Crippen MR) is 87.3 cm³/mol. The van der Waals surface area contributed by atoms with Crippen LogP contribution in [0.5, 0.6) is 0 Å². The van der Waals surface area contributed by atoms with E-state index in [9.17, 15) is 4.39 Å². The number of aryl methyl sites for hydroxylation is 2. The first-order chi connectivity index (χ1) is 10.0. The van der Waals surface area contributed by atoms with Crippen molar-refractivity contribution in [1.82, 2.24) is 9.55 Å². The number of anilines is 1. The fraction of sp³-hybridized carbons (Fsp3) is 0.188. The zero-order valence-electron chi connectivity index (χ0n) is 11.8. The molecule has 108 valence electrons. The third kappa shape index (κ3) is 2.31. The van der Waals surface area contributed by atoms with Crippen molar-refractivity contribution in [3.05, 3.63) is 52.0 Å². The molecule has 0 amide bonds. The first kappa shape index (κ1) is 14.1. The molecule has 0 unspecified atom stereocenters. The molecule has 0 bridgehead atoms. The monoisotopic (exact) mass is 347 g/mol. The van der Waals surface area contributed by atoms with Gasteiger partial charge < -0.3 is 5.73 Å². The average molecular weight is 348 g/mol. The second kappa shape index (κ2) is 5.15. The summed E-state index contributed by atoms with van der Waals surface area (Å²) in [6, 6.07) is 8.99. The van der Waals surface area contributed by atoms with Gasteiger partial charge in [-0.05, 0) is 58.7 Å². The van der Waals surface area contributed by atoms with Crippen molar-refractivity contribution >= 4 is 32.7 Å². The van der Waals surface area contributed by atoms with Gasteiger partial charge in [0.2, 0.25) is 0 Å². The van der Waals surface area contributed by atoms with Crippen molar-refractivity contribution in [3.8, 4) is 5.69 Å². The van der Waals surface area contributed by atoms with E-state index >= 15 is 0 Å². The highest BCUT2D eigenvalue weighted by Crippen LogP contribution is 2.29. The lowest BCUT2D eigenvalue weighted by molar-refractivity contribution is 0.619. The number of benzene rings is 2. The van der Waals surface area contributed by atoms with E-state index in [4.69, 9.17) is 5.73 Å². The maximum atomic E-state index is 13.7. The Labute approximate surface area is 130 Å². The van der Waals surface area contributed by atoms with Crippen LogP contribution >= 0.6 is 15.9 Å². The zero-order chi connectivity index (χ0) is 15.1. The topological polar surface area (TPSA) is 43.8 Å². The standard InChI is InChI=1S/C16H15BrFN3/c1-3-16-20-13-7-10(19)4-5-14(13)21(16)15-8-11(17)12(18)6-9(15)2/h4-8H,3,19H2,1-2H3. The van der Waals surface area contributed by atoms with Gasteiger partial charge in [-0.2, -0.15) is 0 Å². The maximum Gasteiger partial charge on any atom is 0.137 e. The van der Waals surface area contributed by atoms with Crippen LogP contribution in [-0.2, 0) is 6.42 Å². The molecule has 3 rings (SSSR count). The van der Waals surface area contributed by atoms with Crippen molar-refractivity contribution in [2.75, 3.05) is 5.73 Å². The van der Waals surface area contributed by atoms with Crippen LogP contribution in [0.2, 0.25) is 0 Å². The van der Waals surface area contributed by atoms with Gasteiger partial charge in [-0.15, -0.1) is 0 Å². The second-order valence-corrected chi connectivity index (χ2v) is 5.87. The summed E-state index contributed by atoms with van der Waals surface area (Å²) in [5, 5.41) is 0. The van der Waals surface area contributed by atoms with Crippen LogP contribution in [0.1, 0.15) is 18.3 Å². The van der Waals surface area contributed by atoms with Gasteiger partial charge in [-0.25, -0.2) is 9.37 Å². The summed E-state index contributed by atoms with van der Waals surface area (Å²) in [5.41, 5.74) is 10.1. The molecule has 0 aliphatic carbocycles. The number of imidazole rings is 1. The molecule has 3 nitrogen and oxygen atoms in total. The third-order valence-corrected chi connectivity index (χ3v) is 4.15. The highest BCUT2D eigenvalue weighted by molar-refractivity contribution is 9.10. The zero-order valence-corrected chi connectivity index (χ0v) is 13.4. The van der Waals surface area contributed by atoms with Gasteiger partial charge in [0, 0.05) is 12.1 Å². The van der Waals surface area contributed by atoms with E-state index in [-0.39, 0.29) is 5.82 Å². The molecule has 0 saturated heterocycles. The van der Waals surface area contributed by atoms with Gasteiger partial charge in [0.25, 0.3) is 0 Å². The molecular formula is C16H15BrFN3. The van der Waals surface area contributed by atoms with Crippen LogP contribution in [0, 0.1) is 12.7 Å². The first-order valence-corrected chi connectivity index (χ1v) is 7.53. The number of nitrogens with two attached hydrogens (primary N) is 1. The molecule has 2 N–H and O–H groups in total. The molecule has 1 heterocycles. The molecule has 0 spiro atoms. The van der Waals surface area contributed by atoms with Crippen LogP contribution in [0.4, 0.5) is 10.1 Å². The van der Waals surface area contributed by atoms with E-state index < -0.39 is 0 Å². The number of rotatable bonds is 2. The molecule has 1 aromatic heterocycles. The molecule has 0 aliphatic heterocycles. The quantitative estimate of drug-likeness (QED) is 0.699. The third-order valence-electron chi connectivity index (χ3n) is 3.54. The normalized spacial score (nSPS) is 11.2. The Hall–Kier alpha value is -1.88. The molecule has 2 aromatic carbocycles. The van der Waals surface area contributed by atoms with Crippen molar-refractivity contribution in [2.24, 2.45) is 0 Å². The molecule has 0 atom stereocenters. The summed E-state index contributed by atoms with van der Waals surface area (Å²) in [4.78, 5) is 4.64. The fourth-order valence-corrected chi connectivity index (χ4v) is 2.86. The second-order valence-electron chi connectivity index (χ2n) is 5.02. The molecule has 3 aromatic rings. The molecule has 21 heavy (non-hydrogen) atoms. The van der Waals surface area contributed by atoms with E-state index in [1.165, 1.54) is 6.07 Å². The van der Waals surface area contributed by atoms with Crippen LogP contribution < -0.4 is 5.73 Å². The molecule has 0 saturated carbocycles. The van der Waals surface area contributed by atoms with Crippen molar-refractivity contribution in [2.45, 2.75) is 20.3 Å². The first-order valence-electron chi connectivity index (χ1n) is 6.74. The Morgan fingerprint density at radius 1 is 1.29 bits per heavy atom. The number of nitrogens with zero attached hydrogens (tertiary/aromatic N) is 2. The molecular weight excluding hydrogens is 333 g/mol. The lowest BCUT2D eigenvalue weighted by Gasteiger charge is -2.12. The van der Waals surface area contributed by atoms with Gasteiger partial charge in [-0.1, -0.05) is 6.92 Å². The van der Waals surface area contributed by atoms with Gasteiger partial charge in [0.15, 0.2) is 0 Å². The minimum Gasteiger partial charge on any atom is -0.399 e. The number of fused-ring (bicyclic) bond motifs is 1. The van der Waals surface area contributed by atoms with E-state index in [0.29, 0.717) is 10.2 Å². The number of nitrogen functional groups attached to an aromatic ring is 1. The van der Waals surface area contributed by atoms with Gasteiger partial charge in [0.1, 0.15) is 11.6 Å². The fourth-order valence-electron chi connectivity index (χ4n) is 2.53. The largest absolute Gasteiger partial charge is 0.399 e. The predicted octanol–water partition coefficient (Wildman–Crippen LogP) is 4.38. The van der Waals surface area contributed by atoms with E-state index in [1.807, 2.05) is 25.1 Å². The van der Waals surface area contributed by atoms with Crippen molar-refractivity contribution < 1.29 is 4.39 Å². The minimum atomic E-state index is -0.261. The van der Waals surface area contributed by atoms with Crippen LogP contribution in [-0.4, -0.2) is 9.55 Å². The number of hydrogen-bond donors (Lipinski definition) is 1. The molecule has 5 heteroatoms. The van der Waals surface area contributed by atoms with Gasteiger partial charge in [0.05, 0.1) is 21.2 Å². The smallest absolute Gasteiger partial charge is 0.137 e. The van der Waals surface area contributed by atoms with E-state index in [0.717, 1.165) is 34.5 Å². The number of halogens is 2. The minimum absolute atomic E-state index is 0.261. The molecule has 0 aliphatic rings. The lowest BCUT2D eigenvalue weighted by Crippen LogP contribution is -2.03. The summed E-state index contributed by atoms with van der Waals surface area (Å²) >= 11 is 3.26. The Morgan fingerprint density at radius 2 is 2.05 bits per heavy atom. The summed E-state index contributed by atoms with van der Waals surface area (Å²) in [6.07, 6.45) is 0.781.